The number of rotatable bonds is 9. The summed E-state index contributed by atoms with van der Waals surface area (Å²) in [5.74, 6) is 0.448. The van der Waals surface area contributed by atoms with Crippen molar-refractivity contribution < 1.29 is 19.1 Å². The van der Waals surface area contributed by atoms with E-state index < -0.39 is 0 Å². The Morgan fingerprint density at radius 2 is 1.90 bits per heavy atom. The lowest BCUT2D eigenvalue weighted by atomic mass is 10.1. The summed E-state index contributed by atoms with van der Waals surface area (Å²) < 4.78 is 10.9. The summed E-state index contributed by atoms with van der Waals surface area (Å²) in [4.78, 5) is 26.5. The van der Waals surface area contributed by atoms with Crippen molar-refractivity contribution in [2.45, 2.75) is 33.4 Å². The number of ether oxygens (including phenoxy) is 2. The van der Waals surface area contributed by atoms with E-state index in [1.54, 1.807) is 29.2 Å². The van der Waals surface area contributed by atoms with Gasteiger partial charge in [0.15, 0.2) is 18.1 Å². The Kier molecular flexibility index (Phi) is 8.34. The maximum atomic E-state index is 13.0. The fourth-order valence-corrected chi connectivity index (χ4v) is 3.01. The first-order valence-electron chi connectivity index (χ1n) is 9.48. The molecule has 0 spiro atoms. The van der Waals surface area contributed by atoms with Crippen LogP contribution in [-0.2, 0) is 11.3 Å². The Morgan fingerprint density at radius 3 is 2.52 bits per heavy atom. The van der Waals surface area contributed by atoms with E-state index in [-0.39, 0.29) is 24.5 Å². The molecule has 0 fully saturated rings. The number of benzene rings is 2. The molecule has 6 nitrogen and oxygen atoms in total. The van der Waals surface area contributed by atoms with Crippen molar-refractivity contribution in [3.05, 3.63) is 58.6 Å². The molecule has 0 unspecified atom stereocenters. The average Bonchev–Trinajstić information content (AvgIpc) is 2.69. The van der Waals surface area contributed by atoms with Gasteiger partial charge in [-0.25, -0.2) is 0 Å². The maximum absolute atomic E-state index is 13.0. The second-order valence-corrected chi connectivity index (χ2v) is 7.26. The smallest absolute Gasteiger partial charge is 0.258 e. The van der Waals surface area contributed by atoms with E-state index >= 15 is 0 Å². The molecule has 1 N–H and O–H groups in total. The molecule has 0 heterocycles. The zero-order valence-electron chi connectivity index (χ0n) is 17.2. The predicted octanol–water partition coefficient (Wildman–Crippen LogP) is 3.91. The standard InChI is InChI=1S/C22H27ClN2O4/c1-5-25(13-16-7-6-8-18(23)11-16)22(27)17-9-10-19(20(12-17)28-4)29-14-21(26)24-15(2)3/h6-12,15H,5,13-14H2,1-4H3,(H,24,26). The van der Waals surface area contributed by atoms with E-state index in [0.29, 0.717) is 35.2 Å². The van der Waals surface area contributed by atoms with Crippen LogP contribution in [0.4, 0.5) is 0 Å². The van der Waals surface area contributed by atoms with Gasteiger partial charge in [-0.3, -0.25) is 9.59 Å². The van der Waals surface area contributed by atoms with Crippen LogP contribution in [0, 0.1) is 0 Å². The molecule has 2 amide bonds. The van der Waals surface area contributed by atoms with Crippen LogP contribution in [-0.4, -0.2) is 43.0 Å². The van der Waals surface area contributed by atoms with Crippen molar-refractivity contribution in [2.75, 3.05) is 20.3 Å². The topological polar surface area (TPSA) is 67.9 Å². The molecular formula is C22H27ClN2O4. The highest BCUT2D eigenvalue weighted by Gasteiger charge is 2.18. The average molecular weight is 419 g/mol. The molecule has 29 heavy (non-hydrogen) atoms. The van der Waals surface area contributed by atoms with Crippen LogP contribution in [0.5, 0.6) is 11.5 Å². The van der Waals surface area contributed by atoms with Crippen LogP contribution in [0.25, 0.3) is 0 Å². The van der Waals surface area contributed by atoms with Gasteiger partial charge in [0.2, 0.25) is 0 Å². The van der Waals surface area contributed by atoms with Crippen molar-refractivity contribution >= 4 is 23.4 Å². The third-order valence-electron chi connectivity index (χ3n) is 4.15. The minimum absolute atomic E-state index is 0.0347. The van der Waals surface area contributed by atoms with E-state index in [0.717, 1.165) is 5.56 Å². The Labute approximate surface area is 176 Å². The lowest BCUT2D eigenvalue weighted by Gasteiger charge is -2.22. The summed E-state index contributed by atoms with van der Waals surface area (Å²) in [5, 5.41) is 3.39. The monoisotopic (exact) mass is 418 g/mol. The number of carbonyl (C=O) groups excluding carboxylic acids is 2. The molecule has 0 radical (unpaired) electrons. The summed E-state index contributed by atoms with van der Waals surface area (Å²) in [5.41, 5.74) is 1.43. The first kappa shape index (κ1) is 22.6. The molecule has 0 aliphatic heterocycles. The first-order valence-corrected chi connectivity index (χ1v) is 9.85. The molecule has 2 aromatic carbocycles. The summed E-state index contributed by atoms with van der Waals surface area (Å²) in [6.45, 7) is 6.54. The van der Waals surface area contributed by atoms with Gasteiger partial charge in [-0.15, -0.1) is 0 Å². The molecule has 0 saturated carbocycles. The second kappa shape index (κ2) is 10.7. The maximum Gasteiger partial charge on any atom is 0.258 e. The summed E-state index contributed by atoms with van der Waals surface area (Å²) in [6.07, 6.45) is 0. The molecule has 2 aromatic rings. The number of nitrogens with one attached hydrogen (secondary N) is 1. The Bertz CT molecular complexity index is 854. The van der Waals surface area contributed by atoms with E-state index in [2.05, 4.69) is 5.32 Å². The van der Waals surface area contributed by atoms with E-state index in [4.69, 9.17) is 21.1 Å². The van der Waals surface area contributed by atoms with E-state index in [1.165, 1.54) is 7.11 Å². The van der Waals surface area contributed by atoms with E-state index in [9.17, 15) is 9.59 Å². The molecule has 2 rings (SSSR count). The van der Waals surface area contributed by atoms with Crippen molar-refractivity contribution in [1.82, 2.24) is 10.2 Å². The lowest BCUT2D eigenvalue weighted by molar-refractivity contribution is -0.123. The summed E-state index contributed by atoms with van der Waals surface area (Å²) in [6, 6.07) is 12.4. The number of hydrogen-bond donors (Lipinski definition) is 1. The highest BCUT2D eigenvalue weighted by molar-refractivity contribution is 6.30. The third kappa shape index (κ3) is 6.68. The summed E-state index contributed by atoms with van der Waals surface area (Å²) in [7, 11) is 1.49. The molecule has 7 heteroatoms. The summed E-state index contributed by atoms with van der Waals surface area (Å²) >= 11 is 6.04. The van der Waals surface area contributed by atoms with Crippen molar-refractivity contribution in [2.24, 2.45) is 0 Å². The van der Waals surface area contributed by atoms with Crippen LogP contribution in [0.1, 0.15) is 36.7 Å². The van der Waals surface area contributed by atoms with Gasteiger partial charge in [0.1, 0.15) is 0 Å². The molecule has 0 aromatic heterocycles. The Balaban J connectivity index is 2.12. The van der Waals surface area contributed by atoms with Crippen LogP contribution < -0.4 is 14.8 Å². The number of halogens is 1. The lowest BCUT2D eigenvalue weighted by Crippen LogP contribution is -2.34. The molecular weight excluding hydrogens is 392 g/mol. The predicted molar refractivity (Wildman–Crippen MR) is 114 cm³/mol. The van der Waals surface area contributed by atoms with Crippen LogP contribution >= 0.6 is 11.6 Å². The largest absolute Gasteiger partial charge is 0.493 e. The molecule has 0 atom stereocenters. The highest BCUT2D eigenvalue weighted by Crippen LogP contribution is 2.29. The van der Waals surface area contributed by atoms with Crippen molar-refractivity contribution in [1.29, 1.82) is 0 Å². The number of methoxy groups -OCH3 is 1. The normalized spacial score (nSPS) is 10.6. The molecule has 0 saturated heterocycles. The molecule has 0 bridgehead atoms. The van der Waals surface area contributed by atoms with Gasteiger partial charge in [-0.05, 0) is 56.7 Å². The highest BCUT2D eigenvalue weighted by atomic mass is 35.5. The number of nitrogens with zero attached hydrogens (tertiary/aromatic N) is 1. The second-order valence-electron chi connectivity index (χ2n) is 6.83. The number of carbonyl (C=O) groups is 2. The van der Waals surface area contributed by atoms with Gasteiger partial charge in [0, 0.05) is 29.7 Å². The van der Waals surface area contributed by atoms with E-state index in [1.807, 2.05) is 39.0 Å². The molecule has 156 valence electrons. The number of hydrogen-bond acceptors (Lipinski definition) is 4. The van der Waals surface area contributed by atoms with Gasteiger partial charge in [0.25, 0.3) is 11.8 Å². The van der Waals surface area contributed by atoms with Crippen LogP contribution in [0.3, 0.4) is 0 Å². The van der Waals surface area contributed by atoms with Gasteiger partial charge in [-0.2, -0.15) is 0 Å². The van der Waals surface area contributed by atoms with Crippen molar-refractivity contribution in [3.8, 4) is 11.5 Å². The SMILES string of the molecule is CCN(Cc1cccc(Cl)c1)C(=O)c1ccc(OCC(=O)NC(C)C)c(OC)c1. The van der Waals surface area contributed by atoms with Crippen LogP contribution in [0.2, 0.25) is 5.02 Å². The van der Waals surface area contributed by atoms with Gasteiger partial charge in [0.05, 0.1) is 7.11 Å². The quantitative estimate of drug-likeness (QED) is 0.670. The third-order valence-corrected chi connectivity index (χ3v) is 4.39. The van der Waals surface area contributed by atoms with Gasteiger partial charge < -0.3 is 19.7 Å². The first-order chi connectivity index (χ1) is 13.8. The minimum atomic E-state index is -0.221. The Hall–Kier alpha value is -2.73. The fraction of sp³-hybridized carbons (Fsp3) is 0.364. The molecule has 0 aliphatic carbocycles. The number of amides is 2. The zero-order chi connectivity index (χ0) is 21.4. The van der Waals surface area contributed by atoms with Crippen molar-refractivity contribution in [3.63, 3.8) is 0 Å². The molecule has 0 aliphatic rings. The van der Waals surface area contributed by atoms with Gasteiger partial charge in [-0.1, -0.05) is 23.7 Å². The fourth-order valence-electron chi connectivity index (χ4n) is 2.79. The minimum Gasteiger partial charge on any atom is -0.493 e. The Morgan fingerprint density at radius 1 is 1.14 bits per heavy atom. The van der Waals surface area contributed by atoms with Gasteiger partial charge >= 0.3 is 0 Å². The zero-order valence-corrected chi connectivity index (χ0v) is 18.0. The van der Waals surface area contributed by atoms with Crippen LogP contribution in [0.15, 0.2) is 42.5 Å².